The van der Waals surface area contributed by atoms with Crippen molar-refractivity contribution in [1.82, 2.24) is 10.6 Å². The fourth-order valence-corrected chi connectivity index (χ4v) is 3.08. The van der Waals surface area contributed by atoms with E-state index < -0.39 is 24.0 Å². The van der Waals surface area contributed by atoms with Gasteiger partial charge in [0.2, 0.25) is 0 Å². The average molecular weight is 421 g/mol. The Balaban J connectivity index is 1.94. The van der Waals surface area contributed by atoms with Gasteiger partial charge in [0.15, 0.2) is 17.6 Å². The summed E-state index contributed by atoms with van der Waals surface area (Å²) in [7, 11) is 0. The first kappa shape index (κ1) is 23.5. The van der Waals surface area contributed by atoms with Gasteiger partial charge in [-0.25, -0.2) is 9.59 Å². The van der Waals surface area contributed by atoms with Crippen molar-refractivity contribution in [3.8, 4) is 11.5 Å². The number of carbonyl (C=O) groups excluding carboxylic acids is 3. The summed E-state index contributed by atoms with van der Waals surface area (Å²) < 4.78 is 16.5. The van der Waals surface area contributed by atoms with Gasteiger partial charge in [0.25, 0.3) is 5.91 Å². The highest BCUT2D eigenvalue weighted by atomic mass is 16.5. The van der Waals surface area contributed by atoms with E-state index in [1.807, 2.05) is 13.8 Å². The monoisotopic (exact) mass is 420 g/mol. The number of hydrogen-bond donors (Lipinski definition) is 2. The van der Waals surface area contributed by atoms with Gasteiger partial charge in [-0.1, -0.05) is 26.7 Å². The van der Waals surface area contributed by atoms with Gasteiger partial charge in [0.05, 0.1) is 18.8 Å². The first-order chi connectivity index (χ1) is 14.4. The van der Waals surface area contributed by atoms with Crippen LogP contribution in [0.5, 0.6) is 11.5 Å². The smallest absolute Gasteiger partial charge is 0.339 e. The summed E-state index contributed by atoms with van der Waals surface area (Å²) in [4.78, 5) is 36.6. The first-order valence-corrected chi connectivity index (χ1v) is 10.7. The van der Waals surface area contributed by atoms with Crippen LogP contribution in [0, 0.1) is 0 Å². The topological polar surface area (TPSA) is 103 Å². The second kappa shape index (κ2) is 12.0. The Bertz CT molecular complexity index is 730. The molecule has 0 radical (unpaired) electrons. The van der Waals surface area contributed by atoms with Crippen LogP contribution in [0.2, 0.25) is 0 Å². The molecule has 1 atom stereocenters. The summed E-state index contributed by atoms with van der Waals surface area (Å²) in [5, 5.41) is 4.98. The summed E-state index contributed by atoms with van der Waals surface area (Å²) >= 11 is 0. The molecule has 8 nitrogen and oxygen atoms in total. The molecule has 1 aliphatic carbocycles. The van der Waals surface area contributed by atoms with Crippen LogP contribution in [0.3, 0.4) is 0 Å². The molecule has 0 spiro atoms. The number of benzene rings is 1. The average Bonchev–Trinajstić information content (AvgIpc) is 3.23. The lowest BCUT2D eigenvalue weighted by atomic mass is 10.2. The Hall–Kier alpha value is -2.77. The lowest BCUT2D eigenvalue weighted by Gasteiger charge is -2.16. The minimum Gasteiger partial charge on any atom is -0.490 e. The van der Waals surface area contributed by atoms with Crippen LogP contribution in [0.1, 0.15) is 69.7 Å². The SMILES string of the molecule is CCCOc1ccc(C(=O)O[C@H](C)C(=O)NC(=O)NC2CCCC2)cc1OCCC. The van der Waals surface area contributed by atoms with Gasteiger partial charge in [-0.2, -0.15) is 0 Å². The Morgan fingerprint density at radius 1 is 1.03 bits per heavy atom. The molecule has 0 saturated heterocycles. The molecule has 166 valence electrons. The molecular formula is C22H32N2O6. The minimum absolute atomic E-state index is 0.0886. The van der Waals surface area contributed by atoms with Crippen molar-refractivity contribution in [2.24, 2.45) is 0 Å². The van der Waals surface area contributed by atoms with Crippen molar-refractivity contribution in [1.29, 1.82) is 0 Å². The molecule has 0 heterocycles. The van der Waals surface area contributed by atoms with Gasteiger partial charge in [0, 0.05) is 6.04 Å². The van der Waals surface area contributed by atoms with Crippen molar-refractivity contribution in [2.45, 2.75) is 71.4 Å². The zero-order valence-electron chi connectivity index (χ0n) is 18.0. The first-order valence-electron chi connectivity index (χ1n) is 10.7. The maximum absolute atomic E-state index is 12.5. The molecule has 8 heteroatoms. The van der Waals surface area contributed by atoms with Crippen LogP contribution in [0.25, 0.3) is 0 Å². The molecule has 1 aliphatic rings. The van der Waals surface area contributed by atoms with Crippen molar-refractivity contribution in [3.05, 3.63) is 23.8 Å². The van der Waals surface area contributed by atoms with Gasteiger partial charge < -0.3 is 19.5 Å². The number of ether oxygens (including phenoxy) is 3. The largest absolute Gasteiger partial charge is 0.490 e. The number of carbonyl (C=O) groups is 3. The lowest BCUT2D eigenvalue weighted by Crippen LogP contribution is -2.47. The Morgan fingerprint density at radius 3 is 2.30 bits per heavy atom. The molecule has 2 N–H and O–H groups in total. The molecule has 0 aliphatic heterocycles. The van der Waals surface area contributed by atoms with Gasteiger partial charge in [0.1, 0.15) is 0 Å². The molecule has 0 unspecified atom stereocenters. The summed E-state index contributed by atoms with van der Waals surface area (Å²) in [6, 6.07) is 4.27. The summed E-state index contributed by atoms with van der Waals surface area (Å²) in [5.74, 6) is -0.356. The van der Waals surface area contributed by atoms with Crippen molar-refractivity contribution in [3.63, 3.8) is 0 Å². The maximum atomic E-state index is 12.5. The second-order valence-corrected chi connectivity index (χ2v) is 7.35. The van der Waals surface area contributed by atoms with Crippen molar-refractivity contribution >= 4 is 17.9 Å². The summed E-state index contributed by atoms with van der Waals surface area (Å²) in [5.41, 5.74) is 0.236. The van der Waals surface area contributed by atoms with Crippen molar-refractivity contribution < 1.29 is 28.6 Å². The van der Waals surface area contributed by atoms with Crippen LogP contribution >= 0.6 is 0 Å². The summed E-state index contributed by atoms with van der Waals surface area (Å²) in [6.07, 6.45) is 4.49. The molecular weight excluding hydrogens is 388 g/mol. The summed E-state index contributed by atoms with van der Waals surface area (Å²) in [6.45, 7) is 6.41. The second-order valence-electron chi connectivity index (χ2n) is 7.35. The van der Waals surface area contributed by atoms with Gasteiger partial charge in [-0.3, -0.25) is 10.1 Å². The quantitative estimate of drug-likeness (QED) is 0.561. The molecule has 30 heavy (non-hydrogen) atoms. The fourth-order valence-electron chi connectivity index (χ4n) is 3.08. The molecule has 2 rings (SSSR count). The fraction of sp³-hybridized carbons (Fsp3) is 0.591. The number of imide groups is 1. The Morgan fingerprint density at radius 2 is 1.67 bits per heavy atom. The number of rotatable bonds is 10. The van der Waals surface area contributed by atoms with Gasteiger partial charge in [-0.15, -0.1) is 0 Å². The van der Waals surface area contributed by atoms with Gasteiger partial charge in [-0.05, 0) is 50.8 Å². The molecule has 0 bridgehead atoms. The van der Waals surface area contributed by atoms with E-state index in [-0.39, 0.29) is 11.6 Å². The number of amides is 3. The highest BCUT2D eigenvalue weighted by Crippen LogP contribution is 2.29. The van der Waals surface area contributed by atoms with Crippen molar-refractivity contribution in [2.75, 3.05) is 13.2 Å². The van der Waals surface area contributed by atoms with E-state index in [0.717, 1.165) is 38.5 Å². The zero-order valence-corrected chi connectivity index (χ0v) is 18.0. The lowest BCUT2D eigenvalue weighted by molar-refractivity contribution is -0.127. The standard InChI is InChI=1S/C22H32N2O6/c1-4-12-28-18-11-10-16(14-19(18)29-13-5-2)21(26)30-15(3)20(25)24-22(27)23-17-8-6-7-9-17/h10-11,14-15,17H,4-9,12-13H2,1-3H3,(H2,23,24,25,27)/t15-/m1/s1. The normalized spacial score (nSPS) is 14.6. The molecule has 1 aromatic rings. The van der Waals surface area contributed by atoms with Crippen LogP contribution in [0.15, 0.2) is 18.2 Å². The number of esters is 1. The van der Waals surface area contributed by atoms with Crippen LogP contribution < -0.4 is 20.1 Å². The van der Waals surface area contributed by atoms with E-state index in [2.05, 4.69) is 10.6 Å². The third-order valence-electron chi connectivity index (χ3n) is 4.68. The van der Waals surface area contributed by atoms with E-state index in [0.29, 0.717) is 24.7 Å². The Kier molecular flexibility index (Phi) is 9.44. The zero-order chi connectivity index (χ0) is 21.9. The molecule has 1 saturated carbocycles. The predicted molar refractivity (Wildman–Crippen MR) is 112 cm³/mol. The van der Waals surface area contributed by atoms with E-state index in [4.69, 9.17) is 14.2 Å². The third kappa shape index (κ3) is 7.24. The molecule has 1 aromatic carbocycles. The highest BCUT2D eigenvalue weighted by molar-refractivity contribution is 5.98. The molecule has 0 aromatic heterocycles. The number of hydrogen-bond acceptors (Lipinski definition) is 6. The van der Waals surface area contributed by atoms with Crippen LogP contribution in [0.4, 0.5) is 4.79 Å². The number of urea groups is 1. The number of nitrogens with one attached hydrogen (secondary N) is 2. The van der Waals surface area contributed by atoms with Gasteiger partial charge >= 0.3 is 12.0 Å². The van der Waals surface area contributed by atoms with Crippen LogP contribution in [-0.4, -0.2) is 43.3 Å². The Labute approximate surface area is 177 Å². The predicted octanol–water partition coefficient (Wildman–Crippen LogP) is 3.58. The minimum atomic E-state index is -1.12. The van der Waals surface area contributed by atoms with Crippen LogP contribution in [-0.2, 0) is 9.53 Å². The van der Waals surface area contributed by atoms with E-state index in [9.17, 15) is 14.4 Å². The molecule has 3 amide bonds. The van der Waals surface area contributed by atoms with E-state index in [1.165, 1.54) is 6.92 Å². The molecule has 1 fully saturated rings. The van der Waals surface area contributed by atoms with E-state index >= 15 is 0 Å². The maximum Gasteiger partial charge on any atom is 0.339 e. The highest BCUT2D eigenvalue weighted by Gasteiger charge is 2.23. The third-order valence-corrected chi connectivity index (χ3v) is 4.68. The van der Waals surface area contributed by atoms with E-state index in [1.54, 1.807) is 18.2 Å².